The number of halogens is 2. The number of benzene rings is 1. The van der Waals surface area contributed by atoms with Gasteiger partial charge in [0.15, 0.2) is 0 Å². The van der Waals surface area contributed by atoms with Crippen LogP contribution in [0.2, 0.25) is 0 Å². The van der Waals surface area contributed by atoms with Gasteiger partial charge in [-0.1, -0.05) is 12.1 Å². The lowest BCUT2D eigenvalue weighted by Crippen LogP contribution is -2.12. The number of nitrogens with one attached hydrogen (secondary N) is 1. The number of rotatable bonds is 6. The summed E-state index contributed by atoms with van der Waals surface area (Å²) in [6.45, 7) is 0.146. The number of aromatic nitrogens is 2. The number of hydrogen-bond acceptors (Lipinski definition) is 2. The van der Waals surface area contributed by atoms with Crippen LogP contribution in [0.15, 0.2) is 36.7 Å². The zero-order chi connectivity index (χ0) is 13.9. The van der Waals surface area contributed by atoms with E-state index in [-0.39, 0.29) is 6.54 Å². The Morgan fingerprint density at radius 2 is 2.20 bits per heavy atom. The first-order valence-corrected chi connectivity index (χ1v) is 6.84. The highest BCUT2D eigenvalue weighted by Gasteiger charge is 2.23. The molecule has 5 heteroatoms. The van der Waals surface area contributed by atoms with Gasteiger partial charge in [0.25, 0.3) is 6.43 Å². The van der Waals surface area contributed by atoms with Crippen molar-refractivity contribution in [2.45, 2.75) is 38.3 Å². The Kier molecular flexibility index (Phi) is 3.67. The van der Waals surface area contributed by atoms with Crippen LogP contribution in [0.3, 0.4) is 0 Å². The van der Waals surface area contributed by atoms with E-state index < -0.39 is 6.43 Å². The smallest absolute Gasteiger partial charge is 0.256 e. The second kappa shape index (κ2) is 5.61. The minimum Gasteiger partial charge on any atom is -0.378 e. The lowest BCUT2D eigenvalue weighted by molar-refractivity contribution is 0.125. The van der Waals surface area contributed by atoms with E-state index in [9.17, 15) is 8.78 Å². The molecule has 0 bridgehead atoms. The summed E-state index contributed by atoms with van der Waals surface area (Å²) in [5, 5.41) is 3.26. The highest BCUT2D eigenvalue weighted by atomic mass is 19.3. The molecule has 0 unspecified atom stereocenters. The Labute approximate surface area is 116 Å². The molecule has 0 spiro atoms. The van der Waals surface area contributed by atoms with E-state index >= 15 is 0 Å². The third kappa shape index (κ3) is 3.15. The zero-order valence-electron chi connectivity index (χ0n) is 11.1. The van der Waals surface area contributed by atoms with Crippen LogP contribution < -0.4 is 5.32 Å². The number of alkyl halides is 2. The third-order valence-electron chi connectivity index (χ3n) is 3.52. The Balaban J connectivity index is 1.64. The van der Waals surface area contributed by atoms with Crippen molar-refractivity contribution in [3.05, 3.63) is 48.0 Å². The van der Waals surface area contributed by atoms with Crippen molar-refractivity contribution < 1.29 is 8.78 Å². The van der Waals surface area contributed by atoms with Crippen molar-refractivity contribution >= 4 is 5.69 Å². The third-order valence-corrected chi connectivity index (χ3v) is 3.52. The standard InChI is InChI=1S/C15H17F2N3/c16-14(17)10-20-7-6-18-15(20)9-19-13-3-1-2-12(8-13)11-4-5-11/h1-3,6-8,11,14,19H,4-5,9-10H2. The fraction of sp³-hybridized carbons (Fsp3) is 0.400. The van der Waals surface area contributed by atoms with Crippen LogP contribution in [0.5, 0.6) is 0 Å². The van der Waals surface area contributed by atoms with Gasteiger partial charge in [0.1, 0.15) is 5.82 Å². The molecule has 1 fully saturated rings. The van der Waals surface area contributed by atoms with Crippen molar-refractivity contribution in [1.82, 2.24) is 9.55 Å². The van der Waals surface area contributed by atoms with Crippen LogP contribution in [-0.4, -0.2) is 16.0 Å². The average molecular weight is 277 g/mol. The van der Waals surface area contributed by atoms with Gasteiger partial charge in [-0.05, 0) is 36.5 Å². The average Bonchev–Trinajstić information content (AvgIpc) is 3.19. The fourth-order valence-electron chi connectivity index (χ4n) is 2.32. The van der Waals surface area contributed by atoms with Crippen LogP contribution >= 0.6 is 0 Å². The maximum atomic E-state index is 12.4. The van der Waals surface area contributed by atoms with Gasteiger partial charge in [-0.15, -0.1) is 0 Å². The van der Waals surface area contributed by atoms with Gasteiger partial charge in [-0.25, -0.2) is 13.8 Å². The molecule has 1 aromatic carbocycles. The molecule has 2 aromatic rings. The van der Waals surface area contributed by atoms with E-state index in [2.05, 4.69) is 22.4 Å². The summed E-state index contributed by atoms with van der Waals surface area (Å²) in [6.07, 6.45) is 3.31. The zero-order valence-corrected chi connectivity index (χ0v) is 11.1. The Morgan fingerprint density at radius 1 is 1.35 bits per heavy atom. The molecule has 0 saturated heterocycles. The lowest BCUT2D eigenvalue weighted by atomic mass is 10.1. The van der Waals surface area contributed by atoms with Gasteiger partial charge < -0.3 is 9.88 Å². The molecule has 20 heavy (non-hydrogen) atoms. The maximum Gasteiger partial charge on any atom is 0.256 e. The molecule has 3 rings (SSSR count). The quantitative estimate of drug-likeness (QED) is 0.873. The Hall–Kier alpha value is -1.91. The van der Waals surface area contributed by atoms with Gasteiger partial charge in [0, 0.05) is 18.1 Å². The number of nitrogens with zero attached hydrogens (tertiary/aromatic N) is 2. The molecule has 3 nitrogen and oxygen atoms in total. The summed E-state index contributed by atoms with van der Waals surface area (Å²) in [6, 6.07) is 8.30. The summed E-state index contributed by atoms with van der Waals surface area (Å²) in [4.78, 5) is 4.12. The Morgan fingerprint density at radius 3 is 2.95 bits per heavy atom. The Bertz CT molecular complexity index is 576. The normalized spacial score (nSPS) is 14.8. The molecule has 1 aliphatic rings. The van der Waals surface area contributed by atoms with Crippen LogP contribution in [0.1, 0.15) is 30.1 Å². The molecule has 106 valence electrons. The van der Waals surface area contributed by atoms with Crippen molar-refractivity contribution in [2.75, 3.05) is 5.32 Å². The lowest BCUT2D eigenvalue weighted by Gasteiger charge is -2.10. The van der Waals surface area contributed by atoms with E-state index in [4.69, 9.17) is 0 Å². The van der Waals surface area contributed by atoms with Crippen LogP contribution in [-0.2, 0) is 13.1 Å². The molecule has 0 amide bonds. The molecular formula is C15H17F2N3. The highest BCUT2D eigenvalue weighted by Crippen LogP contribution is 2.40. The van der Waals surface area contributed by atoms with E-state index in [0.717, 1.165) is 5.69 Å². The topological polar surface area (TPSA) is 29.9 Å². The SMILES string of the molecule is FC(F)Cn1ccnc1CNc1cccc(C2CC2)c1. The summed E-state index contributed by atoms with van der Waals surface area (Å²) in [5.41, 5.74) is 2.37. The fourth-order valence-corrected chi connectivity index (χ4v) is 2.32. The second-order valence-corrected chi connectivity index (χ2v) is 5.14. The van der Waals surface area contributed by atoms with E-state index in [0.29, 0.717) is 18.3 Å². The van der Waals surface area contributed by atoms with Crippen LogP contribution in [0.25, 0.3) is 0 Å². The monoisotopic (exact) mass is 277 g/mol. The number of hydrogen-bond donors (Lipinski definition) is 1. The minimum atomic E-state index is -2.36. The van der Waals surface area contributed by atoms with E-state index in [1.165, 1.54) is 23.0 Å². The van der Waals surface area contributed by atoms with Crippen LogP contribution in [0, 0.1) is 0 Å². The van der Waals surface area contributed by atoms with Gasteiger partial charge in [0.05, 0.1) is 13.1 Å². The molecule has 0 radical (unpaired) electrons. The van der Waals surface area contributed by atoms with Crippen molar-refractivity contribution in [3.63, 3.8) is 0 Å². The van der Waals surface area contributed by atoms with Gasteiger partial charge in [-0.2, -0.15) is 0 Å². The number of anilines is 1. The van der Waals surface area contributed by atoms with E-state index in [1.807, 2.05) is 12.1 Å². The molecule has 0 aliphatic heterocycles. The largest absolute Gasteiger partial charge is 0.378 e. The first-order valence-electron chi connectivity index (χ1n) is 6.84. The second-order valence-electron chi connectivity index (χ2n) is 5.14. The first kappa shape index (κ1) is 13.1. The van der Waals surface area contributed by atoms with Gasteiger partial charge >= 0.3 is 0 Å². The van der Waals surface area contributed by atoms with Crippen molar-refractivity contribution in [3.8, 4) is 0 Å². The van der Waals surface area contributed by atoms with E-state index in [1.54, 1.807) is 12.4 Å². The van der Waals surface area contributed by atoms with Crippen LogP contribution in [0.4, 0.5) is 14.5 Å². The molecule has 0 atom stereocenters. The number of imidazole rings is 1. The maximum absolute atomic E-state index is 12.4. The molecule has 1 N–H and O–H groups in total. The van der Waals surface area contributed by atoms with Crippen molar-refractivity contribution in [2.24, 2.45) is 0 Å². The first-order chi connectivity index (χ1) is 9.72. The molecule has 1 heterocycles. The van der Waals surface area contributed by atoms with Gasteiger partial charge in [0.2, 0.25) is 0 Å². The molecule has 1 aromatic heterocycles. The summed E-state index contributed by atoms with van der Waals surface area (Å²) >= 11 is 0. The van der Waals surface area contributed by atoms with Gasteiger partial charge in [-0.3, -0.25) is 0 Å². The minimum absolute atomic E-state index is 0.306. The highest BCUT2D eigenvalue weighted by molar-refractivity contribution is 5.47. The molecule has 1 saturated carbocycles. The summed E-state index contributed by atoms with van der Waals surface area (Å²) < 4.78 is 26.3. The summed E-state index contributed by atoms with van der Waals surface area (Å²) in [7, 11) is 0. The molecular weight excluding hydrogens is 260 g/mol. The predicted octanol–water partition coefficient (Wildman–Crippen LogP) is 3.64. The molecule has 1 aliphatic carbocycles. The predicted molar refractivity (Wildman–Crippen MR) is 74.0 cm³/mol. The van der Waals surface area contributed by atoms with Crippen molar-refractivity contribution in [1.29, 1.82) is 0 Å². The summed E-state index contributed by atoms with van der Waals surface area (Å²) in [5.74, 6) is 1.33.